The molecule has 1 aliphatic heterocycles. The van der Waals surface area contributed by atoms with Gasteiger partial charge in [-0.1, -0.05) is 6.07 Å². The van der Waals surface area contributed by atoms with Crippen LogP contribution in [0.3, 0.4) is 0 Å². The van der Waals surface area contributed by atoms with E-state index in [1.165, 1.54) is 23.0 Å². The molecule has 0 amide bonds. The van der Waals surface area contributed by atoms with Crippen LogP contribution in [-0.4, -0.2) is 55.8 Å². The zero-order valence-electron chi connectivity index (χ0n) is 20.4. The van der Waals surface area contributed by atoms with E-state index in [1.54, 1.807) is 44.2 Å². The molecule has 5 rings (SSSR count). The average molecular weight is 495 g/mol. The van der Waals surface area contributed by atoms with Crippen molar-refractivity contribution >= 4 is 22.7 Å². The van der Waals surface area contributed by atoms with Gasteiger partial charge in [-0.2, -0.15) is 4.98 Å². The molecule has 4 aromatic rings. The van der Waals surface area contributed by atoms with Crippen molar-refractivity contribution in [2.24, 2.45) is 0 Å². The first-order chi connectivity index (χ1) is 17.2. The molecule has 8 nitrogen and oxygen atoms in total. The third kappa shape index (κ3) is 5.00. The second-order valence-corrected chi connectivity index (χ2v) is 9.61. The van der Waals surface area contributed by atoms with Crippen LogP contribution in [0.1, 0.15) is 32.4 Å². The molecule has 36 heavy (non-hydrogen) atoms. The third-order valence-corrected chi connectivity index (χ3v) is 6.25. The van der Waals surface area contributed by atoms with Gasteiger partial charge in [0.1, 0.15) is 17.5 Å². The zero-order valence-corrected chi connectivity index (χ0v) is 20.4. The number of benzene rings is 1. The maximum absolute atomic E-state index is 14.8. The normalized spacial score (nSPS) is 15.4. The first-order valence-electron chi connectivity index (χ1n) is 11.8. The number of piperidine rings is 1. The van der Waals surface area contributed by atoms with Gasteiger partial charge in [-0.3, -0.25) is 4.57 Å². The van der Waals surface area contributed by atoms with Crippen LogP contribution in [0, 0.1) is 11.6 Å². The lowest BCUT2D eigenvalue weighted by Gasteiger charge is -2.29. The second-order valence-electron chi connectivity index (χ2n) is 9.61. The van der Waals surface area contributed by atoms with Gasteiger partial charge >= 0.3 is 0 Å². The number of pyridine rings is 1. The second kappa shape index (κ2) is 9.44. The molecule has 0 radical (unpaired) electrons. The van der Waals surface area contributed by atoms with Crippen molar-refractivity contribution in [3.8, 4) is 11.6 Å². The van der Waals surface area contributed by atoms with E-state index in [0.717, 1.165) is 25.9 Å². The van der Waals surface area contributed by atoms with E-state index in [2.05, 4.69) is 32.2 Å². The minimum Gasteiger partial charge on any atom is -0.487 e. The quantitative estimate of drug-likeness (QED) is 0.407. The molecule has 1 saturated heterocycles. The van der Waals surface area contributed by atoms with E-state index in [4.69, 9.17) is 4.74 Å². The van der Waals surface area contributed by atoms with Crippen LogP contribution in [0.25, 0.3) is 16.9 Å². The molecule has 1 aromatic carbocycles. The van der Waals surface area contributed by atoms with Gasteiger partial charge in [0.2, 0.25) is 5.95 Å². The molecular weight excluding hydrogens is 466 g/mol. The molecule has 1 fully saturated rings. The van der Waals surface area contributed by atoms with E-state index in [1.807, 2.05) is 0 Å². The Morgan fingerprint density at radius 1 is 1.08 bits per heavy atom. The van der Waals surface area contributed by atoms with Crippen LogP contribution in [0.4, 0.5) is 20.4 Å². The minimum atomic E-state index is -1.16. The lowest BCUT2D eigenvalue weighted by molar-refractivity contribution is 0.0738. The molecule has 0 spiro atoms. The minimum absolute atomic E-state index is 0.00791. The smallest absolute Gasteiger partial charge is 0.229 e. The highest BCUT2D eigenvalue weighted by molar-refractivity contribution is 5.79. The number of nitrogens with one attached hydrogen (secondary N) is 1. The van der Waals surface area contributed by atoms with Crippen LogP contribution in [0.2, 0.25) is 0 Å². The van der Waals surface area contributed by atoms with E-state index in [9.17, 15) is 13.9 Å². The molecule has 2 N–H and O–H groups in total. The summed E-state index contributed by atoms with van der Waals surface area (Å²) >= 11 is 0. The topological polar surface area (TPSA) is 88.3 Å². The van der Waals surface area contributed by atoms with Gasteiger partial charge in [-0.15, -0.1) is 0 Å². The molecule has 0 bridgehead atoms. The summed E-state index contributed by atoms with van der Waals surface area (Å²) in [5.41, 5.74) is -0.00366. The Bertz CT molecular complexity index is 1390. The molecule has 4 heterocycles. The largest absolute Gasteiger partial charge is 0.487 e. The number of ether oxygens (including phenoxy) is 1. The average Bonchev–Trinajstić information content (AvgIpc) is 3.17. The van der Waals surface area contributed by atoms with Gasteiger partial charge in [0, 0.05) is 37.2 Å². The molecular formula is C26H28F2N6O2. The summed E-state index contributed by atoms with van der Waals surface area (Å²) in [6, 6.07) is 9.73. The van der Waals surface area contributed by atoms with Crippen LogP contribution in [0.5, 0.6) is 5.75 Å². The first kappa shape index (κ1) is 24.1. The molecule has 1 aliphatic rings. The maximum atomic E-state index is 14.8. The van der Waals surface area contributed by atoms with Crippen molar-refractivity contribution in [2.75, 3.05) is 25.5 Å². The molecule has 0 saturated carbocycles. The highest BCUT2D eigenvalue weighted by Crippen LogP contribution is 2.28. The van der Waals surface area contributed by atoms with E-state index < -0.39 is 17.2 Å². The Labute approximate surface area is 207 Å². The predicted octanol–water partition coefficient (Wildman–Crippen LogP) is 4.54. The molecule has 10 heteroatoms. The van der Waals surface area contributed by atoms with Crippen LogP contribution < -0.4 is 10.1 Å². The fraction of sp³-hybridized carbons (Fsp3) is 0.346. The summed E-state index contributed by atoms with van der Waals surface area (Å²) in [6.45, 7) is 5.10. The Hall–Kier alpha value is -3.63. The third-order valence-electron chi connectivity index (χ3n) is 6.25. The monoisotopic (exact) mass is 494 g/mol. The predicted molar refractivity (Wildman–Crippen MR) is 133 cm³/mol. The van der Waals surface area contributed by atoms with E-state index >= 15 is 0 Å². The van der Waals surface area contributed by atoms with Gasteiger partial charge in [0.05, 0.1) is 11.1 Å². The van der Waals surface area contributed by atoms with Gasteiger partial charge in [0.15, 0.2) is 23.0 Å². The summed E-state index contributed by atoms with van der Waals surface area (Å²) in [5.74, 6) is -0.214. The number of aliphatic hydroxyl groups is 1. The van der Waals surface area contributed by atoms with Crippen LogP contribution in [-0.2, 0) is 5.60 Å². The molecule has 0 aliphatic carbocycles. The number of hydrogen-bond donors (Lipinski definition) is 2. The molecule has 3 aromatic heterocycles. The van der Waals surface area contributed by atoms with Crippen molar-refractivity contribution in [3.05, 3.63) is 66.1 Å². The van der Waals surface area contributed by atoms with Gasteiger partial charge in [-0.25, -0.2) is 18.7 Å². The highest BCUT2D eigenvalue weighted by atomic mass is 19.1. The summed E-state index contributed by atoms with van der Waals surface area (Å²) in [4.78, 5) is 15.3. The van der Waals surface area contributed by atoms with Crippen molar-refractivity contribution < 1.29 is 18.6 Å². The molecule has 0 unspecified atom stereocenters. The van der Waals surface area contributed by atoms with Crippen molar-refractivity contribution in [3.63, 3.8) is 0 Å². The number of likely N-dealkylation sites (tertiary alicyclic amines) is 1. The maximum Gasteiger partial charge on any atom is 0.229 e. The number of aromatic nitrogens is 4. The van der Waals surface area contributed by atoms with Crippen molar-refractivity contribution in [2.45, 2.75) is 38.4 Å². The number of hydrogen-bond acceptors (Lipinski definition) is 7. The van der Waals surface area contributed by atoms with Crippen LogP contribution >= 0.6 is 0 Å². The van der Waals surface area contributed by atoms with Crippen LogP contribution in [0.15, 0.2) is 48.8 Å². The Morgan fingerprint density at radius 2 is 1.86 bits per heavy atom. The number of anilines is 2. The van der Waals surface area contributed by atoms with Crippen molar-refractivity contribution in [1.29, 1.82) is 0 Å². The lowest BCUT2D eigenvalue weighted by atomic mass is 10.1. The SMILES string of the molecule is CN1CCC(Oc2ccc(Nc3ncc4c(F)cn(-c5cccc(C(C)(C)O)n5)c4n3)cc2F)CC1. The zero-order chi connectivity index (χ0) is 25.4. The Kier molecular flexibility index (Phi) is 6.31. The fourth-order valence-corrected chi connectivity index (χ4v) is 4.19. The molecule has 0 atom stereocenters. The standard InChI is InChI=1S/C26H28F2N6O2/c1-26(2,35)22-5-4-6-23(31-22)34-15-20(28)18-14-29-25(32-24(18)34)30-16-7-8-21(19(27)13-16)36-17-9-11-33(3)12-10-17/h4-8,13-15,17,35H,9-12H2,1-3H3,(H,29,30,32). The summed E-state index contributed by atoms with van der Waals surface area (Å²) in [6.07, 6.45) is 4.34. The van der Waals surface area contributed by atoms with E-state index in [-0.39, 0.29) is 28.8 Å². The summed E-state index contributed by atoms with van der Waals surface area (Å²) in [5, 5.41) is 13.5. The van der Waals surface area contributed by atoms with E-state index in [0.29, 0.717) is 17.2 Å². The van der Waals surface area contributed by atoms with Gasteiger partial charge < -0.3 is 20.1 Å². The molecule has 188 valence electrons. The van der Waals surface area contributed by atoms with Gasteiger partial charge in [0.25, 0.3) is 0 Å². The number of rotatable bonds is 6. The lowest BCUT2D eigenvalue weighted by Crippen LogP contribution is -2.35. The number of fused-ring (bicyclic) bond motifs is 1. The summed E-state index contributed by atoms with van der Waals surface area (Å²) in [7, 11) is 2.06. The van der Waals surface area contributed by atoms with Crippen molar-refractivity contribution in [1.82, 2.24) is 24.4 Å². The summed E-state index contributed by atoms with van der Waals surface area (Å²) < 4.78 is 36.8. The Balaban J connectivity index is 1.39. The fourth-order valence-electron chi connectivity index (χ4n) is 4.19. The Morgan fingerprint density at radius 3 is 2.58 bits per heavy atom. The number of halogens is 2. The highest BCUT2D eigenvalue weighted by Gasteiger charge is 2.21. The van der Waals surface area contributed by atoms with Gasteiger partial charge in [-0.05, 0) is 58.0 Å². The first-order valence-corrected chi connectivity index (χ1v) is 11.8. The number of nitrogens with zero attached hydrogens (tertiary/aromatic N) is 5.